The second-order valence-electron chi connectivity index (χ2n) is 4.93. The molecule has 0 spiro atoms. The molecule has 0 radical (unpaired) electrons. The molecular formula is C15H13F2N3O. The lowest BCUT2D eigenvalue weighted by Crippen LogP contribution is -2.19. The molecule has 2 aromatic rings. The number of primary amides is 1. The highest BCUT2D eigenvalue weighted by Crippen LogP contribution is 2.37. The SMILES string of the molecule is NC(=O)c1cc(N2CCc3ccc(F)cc32)c(F)cc1N. The van der Waals surface area contributed by atoms with E-state index in [0.717, 1.165) is 11.6 Å². The first kappa shape index (κ1) is 13.4. The van der Waals surface area contributed by atoms with Crippen LogP contribution in [0.1, 0.15) is 15.9 Å². The summed E-state index contributed by atoms with van der Waals surface area (Å²) in [4.78, 5) is 13.0. The molecule has 3 rings (SSSR count). The van der Waals surface area contributed by atoms with Crippen molar-refractivity contribution >= 4 is 23.0 Å². The molecule has 2 aromatic carbocycles. The van der Waals surface area contributed by atoms with Gasteiger partial charge in [-0.15, -0.1) is 0 Å². The van der Waals surface area contributed by atoms with E-state index in [0.29, 0.717) is 18.7 Å². The fourth-order valence-electron chi connectivity index (χ4n) is 2.60. The fraction of sp³-hybridized carbons (Fsp3) is 0.133. The van der Waals surface area contributed by atoms with E-state index in [1.54, 1.807) is 11.0 Å². The Labute approximate surface area is 120 Å². The summed E-state index contributed by atoms with van der Waals surface area (Å²) < 4.78 is 27.6. The van der Waals surface area contributed by atoms with Crippen LogP contribution in [-0.2, 0) is 6.42 Å². The minimum atomic E-state index is -0.729. The molecule has 1 aliphatic heterocycles. The summed E-state index contributed by atoms with van der Waals surface area (Å²) in [6.07, 6.45) is 0.672. The molecule has 1 heterocycles. The summed E-state index contributed by atoms with van der Waals surface area (Å²) >= 11 is 0. The maximum atomic E-state index is 14.2. The van der Waals surface area contributed by atoms with Crippen molar-refractivity contribution in [1.29, 1.82) is 0 Å². The van der Waals surface area contributed by atoms with Gasteiger partial charge in [0.2, 0.25) is 0 Å². The van der Waals surface area contributed by atoms with Gasteiger partial charge in [-0.2, -0.15) is 0 Å². The molecule has 4 nitrogen and oxygen atoms in total. The van der Waals surface area contributed by atoms with Crippen molar-refractivity contribution in [3.8, 4) is 0 Å². The first-order chi connectivity index (χ1) is 9.97. The molecule has 6 heteroatoms. The largest absolute Gasteiger partial charge is 0.398 e. The van der Waals surface area contributed by atoms with Crippen molar-refractivity contribution in [1.82, 2.24) is 0 Å². The molecule has 0 unspecified atom stereocenters. The molecule has 108 valence electrons. The number of halogens is 2. The molecule has 1 aliphatic rings. The van der Waals surface area contributed by atoms with Gasteiger partial charge < -0.3 is 16.4 Å². The smallest absolute Gasteiger partial charge is 0.250 e. The Morgan fingerprint density at radius 2 is 1.90 bits per heavy atom. The number of fused-ring (bicyclic) bond motifs is 1. The lowest BCUT2D eigenvalue weighted by atomic mass is 10.1. The zero-order valence-corrected chi connectivity index (χ0v) is 11.1. The summed E-state index contributed by atoms with van der Waals surface area (Å²) in [7, 11) is 0. The third kappa shape index (κ3) is 2.18. The third-order valence-electron chi connectivity index (χ3n) is 3.62. The van der Waals surface area contributed by atoms with E-state index in [4.69, 9.17) is 11.5 Å². The summed E-state index contributed by atoms with van der Waals surface area (Å²) in [5.74, 6) is -1.70. The van der Waals surface area contributed by atoms with E-state index in [2.05, 4.69) is 0 Å². The monoisotopic (exact) mass is 289 g/mol. The number of carbonyl (C=O) groups is 1. The van der Waals surface area contributed by atoms with Gasteiger partial charge in [0, 0.05) is 17.9 Å². The number of nitrogens with two attached hydrogens (primary N) is 2. The second kappa shape index (κ2) is 4.73. The number of anilines is 3. The Bertz CT molecular complexity index is 746. The maximum Gasteiger partial charge on any atom is 0.250 e. The van der Waals surface area contributed by atoms with Crippen molar-refractivity contribution in [2.75, 3.05) is 17.2 Å². The van der Waals surface area contributed by atoms with Gasteiger partial charge in [-0.05, 0) is 36.2 Å². The minimum absolute atomic E-state index is 0.0117. The fourth-order valence-corrected chi connectivity index (χ4v) is 2.60. The van der Waals surface area contributed by atoms with Crippen LogP contribution in [0, 0.1) is 11.6 Å². The molecule has 0 saturated heterocycles. The van der Waals surface area contributed by atoms with Gasteiger partial charge in [0.25, 0.3) is 5.91 Å². The molecular weight excluding hydrogens is 276 g/mol. The van der Waals surface area contributed by atoms with Crippen LogP contribution >= 0.6 is 0 Å². The molecule has 0 bridgehead atoms. The van der Waals surface area contributed by atoms with E-state index >= 15 is 0 Å². The topological polar surface area (TPSA) is 72.4 Å². The molecule has 0 aliphatic carbocycles. The highest BCUT2D eigenvalue weighted by Gasteiger charge is 2.24. The normalized spacial score (nSPS) is 13.3. The zero-order valence-electron chi connectivity index (χ0n) is 11.1. The van der Waals surface area contributed by atoms with Crippen molar-refractivity contribution < 1.29 is 13.6 Å². The first-order valence-electron chi connectivity index (χ1n) is 6.42. The van der Waals surface area contributed by atoms with E-state index < -0.39 is 17.5 Å². The lowest BCUT2D eigenvalue weighted by molar-refractivity contribution is 0.100. The van der Waals surface area contributed by atoms with Gasteiger partial charge in [-0.3, -0.25) is 4.79 Å². The summed E-state index contributed by atoms with van der Waals surface area (Å²) in [6, 6.07) is 6.77. The zero-order chi connectivity index (χ0) is 15.1. The van der Waals surface area contributed by atoms with Gasteiger partial charge in [0.1, 0.15) is 11.6 Å². The van der Waals surface area contributed by atoms with Crippen molar-refractivity contribution in [2.45, 2.75) is 6.42 Å². The number of nitrogen functional groups attached to an aromatic ring is 1. The third-order valence-corrected chi connectivity index (χ3v) is 3.62. The molecule has 0 fully saturated rings. The highest BCUT2D eigenvalue weighted by atomic mass is 19.1. The van der Waals surface area contributed by atoms with Gasteiger partial charge in [0.05, 0.1) is 11.3 Å². The Morgan fingerprint density at radius 1 is 1.14 bits per heavy atom. The summed E-state index contributed by atoms with van der Waals surface area (Å²) in [5, 5.41) is 0. The van der Waals surface area contributed by atoms with E-state index in [-0.39, 0.29) is 16.9 Å². The Balaban J connectivity index is 2.13. The standard InChI is InChI=1S/C15H13F2N3O/c16-9-2-1-8-3-4-20(13(8)5-9)14-6-10(15(19)21)12(18)7-11(14)17/h1-2,5-7H,3-4,18H2,(H2,19,21). The number of benzene rings is 2. The highest BCUT2D eigenvalue weighted by molar-refractivity contribution is 5.99. The van der Waals surface area contributed by atoms with Gasteiger partial charge in [-0.1, -0.05) is 6.07 Å². The number of amides is 1. The van der Waals surface area contributed by atoms with Crippen molar-refractivity contribution in [2.24, 2.45) is 5.73 Å². The van der Waals surface area contributed by atoms with E-state index in [1.165, 1.54) is 18.2 Å². The van der Waals surface area contributed by atoms with Crippen LogP contribution in [-0.4, -0.2) is 12.5 Å². The molecule has 1 amide bonds. The first-order valence-corrected chi connectivity index (χ1v) is 6.42. The van der Waals surface area contributed by atoms with Gasteiger partial charge in [0.15, 0.2) is 0 Å². The molecule has 4 N–H and O–H groups in total. The average Bonchev–Trinajstić information content (AvgIpc) is 2.81. The number of rotatable bonds is 2. The molecule has 0 aromatic heterocycles. The summed E-state index contributed by atoms with van der Waals surface area (Å²) in [6.45, 7) is 0.498. The van der Waals surface area contributed by atoms with Crippen LogP contribution in [0.3, 0.4) is 0 Å². The van der Waals surface area contributed by atoms with Crippen LogP contribution < -0.4 is 16.4 Å². The minimum Gasteiger partial charge on any atom is -0.398 e. The van der Waals surface area contributed by atoms with Crippen LogP contribution in [0.5, 0.6) is 0 Å². The Morgan fingerprint density at radius 3 is 2.62 bits per heavy atom. The second-order valence-corrected chi connectivity index (χ2v) is 4.93. The quantitative estimate of drug-likeness (QED) is 0.833. The average molecular weight is 289 g/mol. The molecule has 0 saturated carbocycles. The summed E-state index contributed by atoms with van der Waals surface area (Å²) in [5.41, 5.74) is 12.5. The Hall–Kier alpha value is -2.63. The van der Waals surface area contributed by atoms with Crippen LogP contribution in [0.2, 0.25) is 0 Å². The molecule has 21 heavy (non-hydrogen) atoms. The number of hydrogen-bond acceptors (Lipinski definition) is 3. The predicted octanol–water partition coefficient (Wildman–Crippen LogP) is 2.34. The van der Waals surface area contributed by atoms with E-state index in [9.17, 15) is 13.6 Å². The number of carbonyl (C=O) groups excluding carboxylic acids is 1. The predicted molar refractivity (Wildman–Crippen MR) is 76.4 cm³/mol. The van der Waals surface area contributed by atoms with Crippen LogP contribution in [0.25, 0.3) is 0 Å². The number of nitrogens with zero attached hydrogens (tertiary/aromatic N) is 1. The lowest BCUT2D eigenvalue weighted by Gasteiger charge is -2.21. The maximum absolute atomic E-state index is 14.2. The van der Waals surface area contributed by atoms with Crippen molar-refractivity contribution in [3.63, 3.8) is 0 Å². The van der Waals surface area contributed by atoms with Gasteiger partial charge >= 0.3 is 0 Å². The van der Waals surface area contributed by atoms with Gasteiger partial charge in [-0.25, -0.2) is 8.78 Å². The van der Waals surface area contributed by atoms with Crippen LogP contribution in [0.15, 0.2) is 30.3 Å². The van der Waals surface area contributed by atoms with Crippen LogP contribution in [0.4, 0.5) is 25.8 Å². The van der Waals surface area contributed by atoms with Crippen molar-refractivity contribution in [3.05, 3.63) is 53.1 Å². The molecule has 0 atom stereocenters. The van der Waals surface area contributed by atoms with E-state index in [1.807, 2.05) is 0 Å². The number of hydrogen-bond donors (Lipinski definition) is 2. The Kier molecular flexibility index (Phi) is 3.01.